The molecule has 0 unspecified atom stereocenters. The van der Waals surface area contributed by atoms with Crippen molar-refractivity contribution in [3.63, 3.8) is 0 Å². The first-order chi connectivity index (χ1) is 22.3. The molecule has 0 spiro atoms. The first-order valence-electron chi connectivity index (χ1n) is 16.2. The second-order valence-corrected chi connectivity index (χ2v) is 11.9. The Bertz CT molecular complexity index is 1360. The van der Waals surface area contributed by atoms with E-state index >= 15 is 0 Å². The van der Waals surface area contributed by atoms with Crippen LogP contribution >= 0.6 is 0 Å². The summed E-state index contributed by atoms with van der Waals surface area (Å²) in [7, 11) is 0. The van der Waals surface area contributed by atoms with Crippen LogP contribution in [0.5, 0.6) is 0 Å². The highest BCUT2D eigenvalue weighted by atomic mass is 16.7. The SMILES string of the molecule is c1ccc(COC[C@H]2O[C@H](OC3CCCC3)[C@@H](OCc3ccccc3)[C@@H](OCc3ccccc3)[C@@H]2OCc2ccccc2)cc1. The van der Waals surface area contributed by atoms with Crippen LogP contribution in [0.15, 0.2) is 121 Å². The number of benzene rings is 4. The number of hydrogen-bond donors (Lipinski definition) is 0. The predicted molar refractivity (Wildman–Crippen MR) is 173 cm³/mol. The van der Waals surface area contributed by atoms with E-state index in [4.69, 9.17) is 28.4 Å². The van der Waals surface area contributed by atoms with Crippen molar-refractivity contribution < 1.29 is 28.4 Å². The fourth-order valence-corrected chi connectivity index (χ4v) is 6.07. The van der Waals surface area contributed by atoms with Gasteiger partial charge in [0.1, 0.15) is 24.4 Å². The molecule has 1 aliphatic carbocycles. The van der Waals surface area contributed by atoms with Crippen molar-refractivity contribution in [3.05, 3.63) is 144 Å². The number of rotatable bonds is 15. The van der Waals surface area contributed by atoms with Gasteiger partial charge in [-0.05, 0) is 35.1 Å². The van der Waals surface area contributed by atoms with Gasteiger partial charge in [0.15, 0.2) is 6.29 Å². The number of hydrogen-bond acceptors (Lipinski definition) is 6. The summed E-state index contributed by atoms with van der Waals surface area (Å²) in [6.45, 7) is 2.04. The van der Waals surface area contributed by atoms with Crippen LogP contribution in [0.2, 0.25) is 0 Å². The topological polar surface area (TPSA) is 55.4 Å². The van der Waals surface area contributed by atoms with Crippen molar-refractivity contribution in [2.45, 2.75) is 88.9 Å². The molecule has 0 amide bonds. The van der Waals surface area contributed by atoms with Gasteiger partial charge in [-0.15, -0.1) is 0 Å². The van der Waals surface area contributed by atoms with E-state index in [1.165, 1.54) is 0 Å². The number of ether oxygens (including phenoxy) is 6. The average molecular weight is 609 g/mol. The van der Waals surface area contributed by atoms with Gasteiger partial charge in [0.25, 0.3) is 0 Å². The molecule has 4 aromatic carbocycles. The summed E-state index contributed by atoms with van der Waals surface area (Å²) < 4.78 is 40.0. The van der Waals surface area contributed by atoms with Crippen molar-refractivity contribution in [2.24, 2.45) is 0 Å². The molecule has 4 aromatic rings. The Balaban J connectivity index is 1.28. The van der Waals surface area contributed by atoms with Crippen molar-refractivity contribution in [1.82, 2.24) is 0 Å². The molecule has 6 rings (SSSR count). The monoisotopic (exact) mass is 608 g/mol. The van der Waals surface area contributed by atoms with Crippen molar-refractivity contribution >= 4 is 0 Å². The molecular weight excluding hydrogens is 564 g/mol. The lowest BCUT2D eigenvalue weighted by molar-refractivity contribution is -0.335. The van der Waals surface area contributed by atoms with Gasteiger partial charge in [0.05, 0.1) is 39.1 Å². The molecule has 45 heavy (non-hydrogen) atoms. The molecule has 0 bridgehead atoms. The Kier molecular flexibility index (Phi) is 11.8. The molecule has 5 atom stereocenters. The van der Waals surface area contributed by atoms with Gasteiger partial charge in [-0.3, -0.25) is 0 Å². The Hall–Kier alpha value is -3.36. The van der Waals surface area contributed by atoms with E-state index in [0.29, 0.717) is 33.0 Å². The van der Waals surface area contributed by atoms with Crippen LogP contribution in [0.1, 0.15) is 47.9 Å². The molecule has 0 aromatic heterocycles. The lowest BCUT2D eigenvalue weighted by atomic mass is 9.97. The predicted octanol–water partition coefficient (Wildman–Crippen LogP) is 7.64. The molecule has 6 heteroatoms. The minimum atomic E-state index is -0.625. The van der Waals surface area contributed by atoms with Crippen molar-refractivity contribution in [1.29, 1.82) is 0 Å². The Morgan fingerprint density at radius 1 is 0.489 bits per heavy atom. The highest BCUT2D eigenvalue weighted by Crippen LogP contribution is 2.34. The molecule has 236 valence electrons. The van der Waals surface area contributed by atoms with Gasteiger partial charge in [-0.1, -0.05) is 134 Å². The zero-order valence-electron chi connectivity index (χ0n) is 25.8. The van der Waals surface area contributed by atoms with E-state index in [1.54, 1.807) is 0 Å². The molecule has 1 saturated carbocycles. The molecule has 1 aliphatic heterocycles. The Morgan fingerprint density at radius 2 is 0.911 bits per heavy atom. The van der Waals surface area contributed by atoms with Gasteiger partial charge >= 0.3 is 0 Å². The minimum Gasteiger partial charge on any atom is -0.374 e. The first kappa shape index (κ1) is 31.6. The van der Waals surface area contributed by atoms with E-state index in [-0.39, 0.29) is 6.10 Å². The molecule has 2 aliphatic rings. The van der Waals surface area contributed by atoms with Crippen LogP contribution in [0.4, 0.5) is 0 Å². The summed E-state index contributed by atoms with van der Waals surface area (Å²) >= 11 is 0. The third kappa shape index (κ3) is 9.33. The molecule has 1 saturated heterocycles. The quantitative estimate of drug-likeness (QED) is 0.138. The van der Waals surface area contributed by atoms with Crippen LogP contribution in [-0.4, -0.2) is 43.4 Å². The van der Waals surface area contributed by atoms with Gasteiger partial charge in [0.2, 0.25) is 0 Å². The van der Waals surface area contributed by atoms with Crippen LogP contribution in [-0.2, 0) is 54.8 Å². The molecule has 2 fully saturated rings. The van der Waals surface area contributed by atoms with Gasteiger partial charge in [-0.2, -0.15) is 0 Å². The van der Waals surface area contributed by atoms with Gasteiger partial charge in [0, 0.05) is 0 Å². The van der Waals surface area contributed by atoms with E-state index in [2.05, 4.69) is 48.5 Å². The van der Waals surface area contributed by atoms with Crippen LogP contribution in [0, 0.1) is 0 Å². The van der Waals surface area contributed by atoms with Crippen molar-refractivity contribution in [3.8, 4) is 0 Å². The average Bonchev–Trinajstić information content (AvgIpc) is 3.61. The van der Waals surface area contributed by atoms with Gasteiger partial charge in [-0.25, -0.2) is 0 Å². The minimum absolute atomic E-state index is 0.125. The standard InChI is InChI=1S/C39H44O6/c1-5-15-30(16-6-1)25-40-29-35-36(41-26-31-17-7-2-8-18-31)37(42-27-32-19-9-3-10-20-32)38(43-28-33-21-11-4-12-22-33)39(45-35)44-34-23-13-14-24-34/h1-12,15-22,34-39H,13-14,23-29H2/t35-,36-,37+,38+,39+/m1/s1. The zero-order chi connectivity index (χ0) is 30.5. The molecule has 0 N–H and O–H groups in total. The maximum Gasteiger partial charge on any atom is 0.187 e. The summed E-state index contributed by atoms with van der Waals surface area (Å²) in [5.74, 6) is 0. The summed E-state index contributed by atoms with van der Waals surface area (Å²) in [4.78, 5) is 0. The summed E-state index contributed by atoms with van der Waals surface area (Å²) in [6.07, 6.45) is 1.98. The lowest BCUT2D eigenvalue weighted by Gasteiger charge is -2.46. The summed E-state index contributed by atoms with van der Waals surface area (Å²) in [6, 6.07) is 40.8. The second-order valence-electron chi connectivity index (χ2n) is 11.9. The van der Waals surface area contributed by atoms with Crippen LogP contribution in [0.25, 0.3) is 0 Å². The molecular formula is C39H44O6. The van der Waals surface area contributed by atoms with E-state index in [1.807, 2.05) is 72.8 Å². The largest absolute Gasteiger partial charge is 0.374 e. The summed E-state index contributed by atoms with van der Waals surface area (Å²) in [5, 5.41) is 0. The maximum absolute atomic E-state index is 6.80. The second kappa shape index (κ2) is 16.8. The first-order valence-corrected chi connectivity index (χ1v) is 16.2. The fraction of sp³-hybridized carbons (Fsp3) is 0.385. The highest BCUT2D eigenvalue weighted by Gasteiger charge is 2.49. The highest BCUT2D eigenvalue weighted by molar-refractivity contribution is 5.16. The van der Waals surface area contributed by atoms with Crippen LogP contribution in [0.3, 0.4) is 0 Å². The molecule has 0 radical (unpaired) electrons. The normalized spacial score (nSPS) is 23.7. The molecule has 1 heterocycles. The van der Waals surface area contributed by atoms with Crippen molar-refractivity contribution in [2.75, 3.05) is 6.61 Å². The third-order valence-electron chi connectivity index (χ3n) is 8.47. The van der Waals surface area contributed by atoms with E-state index < -0.39 is 30.7 Å². The van der Waals surface area contributed by atoms with Gasteiger partial charge < -0.3 is 28.4 Å². The van der Waals surface area contributed by atoms with Crippen LogP contribution < -0.4 is 0 Å². The zero-order valence-corrected chi connectivity index (χ0v) is 25.8. The van der Waals surface area contributed by atoms with E-state index in [0.717, 1.165) is 47.9 Å². The summed E-state index contributed by atoms with van der Waals surface area (Å²) in [5.41, 5.74) is 4.34. The Labute approximate surface area is 267 Å². The Morgan fingerprint density at radius 3 is 1.40 bits per heavy atom. The maximum atomic E-state index is 6.80. The lowest BCUT2D eigenvalue weighted by Crippen LogP contribution is -2.62. The smallest absolute Gasteiger partial charge is 0.187 e. The third-order valence-corrected chi connectivity index (χ3v) is 8.47. The molecule has 6 nitrogen and oxygen atoms in total. The fourth-order valence-electron chi connectivity index (χ4n) is 6.07. The van der Waals surface area contributed by atoms with E-state index in [9.17, 15) is 0 Å².